The summed E-state index contributed by atoms with van der Waals surface area (Å²) in [6.45, 7) is 15.1. The average Bonchev–Trinajstić information content (AvgIpc) is 2.32. The van der Waals surface area contributed by atoms with E-state index >= 15 is 0 Å². The van der Waals surface area contributed by atoms with Crippen molar-refractivity contribution in [1.82, 2.24) is 4.90 Å². The quantitative estimate of drug-likeness (QED) is 0.458. The lowest BCUT2D eigenvalue weighted by Crippen LogP contribution is -2.25. The van der Waals surface area contributed by atoms with Gasteiger partial charge in [-0.15, -0.1) is 0 Å². The van der Waals surface area contributed by atoms with Crippen LogP contribution in [0.15, 0.2) is 0 Å². The highest BCUT2D eigenvalue weighted by molar-refractivity contribution is 4.53. The first-order valence-electron chi connectivity index (χ1n) is 7.98. The Labute approximate surface area is 111 Å². The van der Waals surface area contributed by atoms with Gasteiger partial charge < -0.3 is 4.90 Å². The van der Waals surface area contributed by atoms with E-state index in [0.29, 0.717) is 0 Å². The molecule has 0 aromatic rings. The summed E-state index contributed by atoms with van der Waals surface area (Å²) < 4.78 is 0. The van der Waals surface area contributed by atoms with Crippen LogP contribution >= 0.6 is 0 Å². The highest BCUT2D eigenvalue weighted by Gasteiger charge is 1.98. The van der Waals surface area contributed by atoms with Crippen molar-refractivity contribution in [2.45, 2.75) is 86.0 Å². The summed E-state index contributed by atoms with van der Waals surface area (Å²) in [7, 11) is 0. The van der Waals surface area contributed by atoms with Crippen LogP contribution in [-0.4, -0.2) is 24.5 Å². The third kappa shape index (κ3) is 18.5. The molecular formula is C16H37N. The van der Waals surface area contributed by atoms with E-state index in [1.165, 1.54) is 71.0 Å². The second kappa shape index (κ2) is 18.3. The summed E-state index contributed by atoms with van der Waals surface area (Å²) in [5.41, 5.74) is 0. The number of hydrogen-bond acceptors (Lipinski definition) is 1. The minimum Gasteiger partial charge on any atom is -0.303 e. The molecule has 0 unspecified atom stereocenters. The average molecular weight is 243 g/mol. The topological polar surface area (TPSA) is 3.24 Å². The minimum absolute atomic E-state index is 1.28. The van der Waals surface area contributed by atoms with Crippen LogP contribution in [0.4, 0.5) is 0 Å². The molecule has 0 N–H and O–H groups in total. The van der Waals surface area contributed by atoms with E-state index in [2.05, 4.69) is 39.5 Å². The van der Waals surface area contributed by atoms with Gasteiger partial charge in [0.05, 0.1) is 0 Å². The van der Waals surface area contributed by atoms with E-state index in [0.717, 1.165) is 0 Å². The zero-order chi connectivity index (χ0) is 13.4. The molecule has 1 heteroatoms. The van der Waals surface area contributed by atoms with E-state index in [-0.39, 0.29) is 0 Å². The monoisotopic (exact) mass is 243 g/mol. The van der Waals surface area contributed by atoms with Crippen LogP contribution in [0.3, 0.4) is 0 Å². The Balaban J connectivity index is 0. The van der Waals surface area contributed by atoms with E-state index in [9.17, 15) is 0 Å². The molecule has 0 atom stereocenters. The molecule has 0 aliphatic carbocycles. The van der Waals surface area contributed by atoms with Gasteiger partial charge in [0.1, 0.15) is 0 Å². The van der Waals surface area contributed by atoms with Gasteiger partial charge in [-0.05, 0) is 38.9 Å². The molecule has 0 saturated carbocycles. The van der Waals surface area contributed by atoms with E-state index < -0.39 is 0 Å². The van der Waals surface area contributed by atoms with Gasteiger partial charge in [0.2, 0.25) is 0 Å². The molecule has 0 radical (unpaired) electrons. The van der Waals surface area contributed by atoms with Gasteiger partial charge in [-0.25, -0.2) is 0 Å². The molecule has 106 valence electrons. The Bertz CT molecular complexity index is 93.8. The summed E-state index contributed by atoms with van der Waals surface area (Å²) in [5, 5.41) is 0. The van der Waals surface area contributed by atoms with Crippen LogP contribution in [0, 0.1) is 0 Å². The Kier molecular flexibility index (Phi) is 20.8. The van der Waals surface area contributed by atoms with E-state index in [4.69, 9.17) is 0 Å². The lowest BCUT2D eigenvalue weighted by molar-refractivity contribution is 0.275. The number of unbranched alkanes of at least 4 members (excludes halogenated alkanes) is 4. The highest BCUT2D eigenvalue weighted by atomic mass is 15.1. The smallest absolute Gasteiger partial charge is 0.00214 e. The van der Waals surface area contributed by atoms with Gasteiger partial charge in [-0.2, -0.15) is 0 Å². The fourth-order valence-electron chi connectivity index (χ4n) is 1.96. The zero-order valence-corrected chi connectivity index (χ0v) is 13.2. The molecule has 0 bridgehead atoms. The SMILES string of the molecule is CCCCCCC.CCCN(CCC)CCC. The van der Waals surface area contributed by atoms with Crippen molar-refractivity contribution in [3.63, 3.8) is 0 Å². The van der Waals surface area contributed by atoms with Gasteiger partial charge in [0.15, 0.2) is 0 Å². The normalized spacial score (nSPS) is 10.2. The molecule has 0 aromatic heterocycles. The second-order valence-corrected chi connectivity index (χ2v) is 4.90. The van der Waals surface area contributed by atoms with Gasteiger partial charge in [0, 0.05) is 0 Å². The van der Waals surface area contributed by atoms with Crippen LogP contribution in [0.25, 0.3) is 0 Å². The first-order valence-corrected chi connectivity index (χ1v) is 7.98. The molecule has 0 fully saturated rings. The fourth-order valence-corrected chi connectivity index (χ4v) is 1.96. The number of nitrogens with zero attached hydrogens (tertiary/aromatic N) is 1. The van der Waals surface area contributed by atoms with E-state index in [1.54, 1.807) is 0 Å². The second-order valence-electron chi connectivity index (χ2n) is 4.90. The van der Waals surface area contributed by atoms with Gasteiger partial charge >= 0.3 is 0 Å². The van der Waals surface area contributed by atoms with Crippen LogP contribution < -0.4 is 0 Å². The van der Waals surface area contributed by atoms with Crippen LogP contribution in [0.2, 0.25) is 0 Å². The van der Waals surface area contributed by atoms with Crippen molar-refractivity contribution in [2.24, 2.45) is 0 Å². The molecule has 0 aliphatic heterocycles. The van der Waals surface area contributed by atoms with Crippen molar-refractivity contribution in [3.8, 4) is 0 Å². The number of rotatable bonds is 10. The Morgan fingerprint density at radius 3 is 1.06 bits per heavy atom. The Morgan fingerprint density at radius 2 is 0.824 bits per heavy atom. The summed E-state index contributed by atoms with van der Waals surface area (Å²) in [4.78, 5) is 2.54. The first kappa shape index (κ1) is 19.3. The zero-order valence-electron chi connectivity index (χ0n) is 13.2. The summed E-state index contributed by atoms with van der Waals surface area (Å²) in [6.07, 6.45) is 10.9. The predicted octanol–water partition coefficient (Wildman–Crippen LogP) is 5.50. The summed E-state index contributed by atoms with van der Waals surface area (Å²) >= 11 is 0. The molecule has 0 heterocycles. The molecule has 17 heavy (non-hydrogen) atoms. The minimum atomic E-state index is 1.28. The molecule has 0 saturated heterocycles. The van der Waals surface area contributed by atoms with Crippen molar-refractivity contribution in [2.75, 3.05) is 19.6 Å². The molecule has 0 spiro atoms. The maximum Gasteiger partial charge on any atom is -0.00214 e. The third-order valence-corrected chi connectivity index (χ3v) is 2.83. The standard InChI is InChI=1S/C9H21N.C7H16/c1-4-7-10(8-5-2)9-6-3;1-3-5-7-6-4-2/h4-9H2,1-3H3;3-7H2,1-2H3. The Morgan fingerprint density at radius 1 is 0.471 bits per heavy atom. The molecule has 1 nitrogen and oxygen atoms in total. The highest BCUT2D eigenvalue weighted by Crippen LogP contribution is 2.00. The summed E-state index contributed by atoms with van der Waals surface area (Å²) in [6, 6.07) is 0. The van der Waals surface area contributed by atoms with Gasteiger partial charge in [-0.1, -0.05) is 66.7 Å². The van der Waals surface area contributed by atoms with Crippen LogP contribution in [-0.2, 0) is 0 Å². The lowest BCUT2D eigenvalue weighted by Gasteiger charge is -2.19. The predicted molar refractivity (Wildman–Crippen MR) is 81.7 cm³/mol. The van der Waals surface area contributed by atoms with Crippen molar-refractivity contribution in [3.05, 3.63) is 0 Å². The maximum absolute atomic E-state index is 2.54. The van der Waals surface area contributed by atoms with Crippen LogP contribution in [0.1, 0.15) is 86.0 Å². The van der Waals surface area contributed by atoms with E-state index in [1.807, 2.05) is 0 Å². The molecule has 0 aliphatic rings. The van der Waals surface area contributed by atoms with Crippen molar-refractivity contribution in [1.29, 1.82) is 0 Å². The van der Waals surface area contributed by atoms with Crippen molar-refractivity contribution < 1.29 is 0 Å². The molecular weight excluding hydrogens is 206 g/mol. The third-order valence-electron chi connectivity index (χ3n) is 2.83. The fraction of sp³-hybridized carbons (Fsp3) is 1.00. The molecule has 0 aromatic carbocycles. The first-order chi connectivity index (χ1) is 8.26. The van der Waals surface area contributed by atoms with Crippen LogP contribution in [0.5, 0.6) is 0 Å². The Hall–Kier alpha value is -0.0400. The molecule has 0 amide bonds. The van der Waals surface area contributed by atoms with Gasteiger partial charge in [-0.3, -0.25) is 0 Å². The largest absolute Gasteiger partial charge is 0.303 e. The van der Waals surface area contributed by atoms with Gasteiger partial charge in [0.25, 0.3) is 0 Å². The maximum atomic E-state index is 2.54. The molecule has 0 rings (SSSR count). The summed E-state index contributed by atoms with van der Waals surface area (Å²) in [5.74, 6) is 0. The lowest BCUT2D eigenvalue weighted by atomic mass is 10.2. The number of hydrogen-bond donors (Lipinski definition) is 0. The van der Waals surface area contributed by atoms with Crippen molar-refractivity contribution >= 4 is 0 Å².